The zero-order valence-corrected chi connectivity index (χ0v) is 19.4. The second-order valence-corrected chi connectivity index (χ2v) is 9.08. The molecule has 0 aliphatic carbocycles. The molecule has 0 fully saturated rings. The van der Waals surface area contributed by atoms with Crippen molar-refractivity contribution >= 4 is 33.6 Å². The van der Waals surface area contributed by atoms with E-state index in [9.17, 15) is 22.8 Å². The van der Waals surface area contributed by atoms with E-state index in [1.54, 1.807) is 18.2 Å². The lowest BCUT2D eigenvalue weighted by molar-refractivity contribution is -0.123. The highest BCUT2D eigenvalue weighted by Crippen LogP contribution is 2.26. The molecule has 0 aliphatic heterocycles. The van der Waals surface area contributed by atoms with Gasteiger partial charge in [0.25, 0.3) is 15.9 Å². The van der Waals surface area contributed by atoms with Gasteiger partial charge in [0, 0.05) is 6.54 Å². The van der Waals surface area contributed by atoms with Crippen molar-refractivity contribution in [2.24, 2.45) is 5.92 Å². The molecular formula is C22H27N3O7S. The van der Waals surface area contributed by atoms with E-state index < -0.39 is 34.5 Å². The number of imide groups is 1. The van der Waals surface area contributed by atoms with Gasteiger partial charge in [-0.2, -0.15) is 0 Å². The normalized spacial score (nSPS) is 10.9. The number of hydrogen-bond acceptors (Lipinski definition) is 7. The first-order valence-electron chi connectivity index (χ1n) is 10.1. The van der Waals surface area contributed by atoms with Crippen LogP contribution in [0.3, 0.4) is 0 Å². The Morgan fingerprint density at radius 1 is 1.03 bits per heavy atom. The molecule has 11 heteroatoms. The quantitative estimate of drug-likeness (QED) is 0.447. The Morgan fingerprint density at radius 2 is 1.76 bits per heavy atom. The van der Waals surface area contributed by atoms with Crippen molar-refractivity contribution in [3.63, 3.8) is 0 Å². The summed E-state index contributed by atoms with van der Waals surface area (Å²) in [6.07, 6.45) is 0.752. The van der Waals surface area contributed by atoms with E-state index in [1.807, 2.05) is 13.8 Å². The first-order valence-corrected chi connectivity index (χ1v) is 11.6. The summed E-state index contributed by atoms with van der Waals surface area (Å²) in [6, 6.07) is 10.9. The maximum absolute atomic E-state index is 12.7. The first kappa shape index (κ1) is 25.7. The lowest BCUT2D eigenvalue weighted by Crippen LogP contribution is -2.42. The van der Waals surface area contributed by atoms with Crippen LogP contribution in [0.1, 0.15) is 30.6 Å². The van der Waals surface area contributed by atoms with Crippen LogP contribution in [0.5, 0.6) is 5.75 Å². The second kappa shape index (κ2) is 11.9. The van der Waals surface area contributed by atoms with Gasteiger partial charge < -0.3 is 14.8 Å². The third kappa shape index (κ3) is 8.11. The standard InChI is InChI=1S/C22H27N3O7S/c1-15(2)11-12-23-22(28)24-20(26)14-32-21(27)16-7-6-8-17(13-16)33(29,30)25-18-9-4-5-10-19(18)31-3/h4-10,13,15,25H,11-12,14H2,1-3H3,(H2,23,24,26,28). The zero-order chi connectivity index (χ0) is 24.4. The molecule has 0 atom stereocenters. The molecule has 0 saturated carbocycles. The van der Waals surface area contributed by atoms with Crippen molar-refractivity contribution in [3.05, 3.63) is 54.1 Å². The zero-order valence-electron chi connectivity index (χ0n) is 18.6. The van der Waals surface area contributed by atoms with Gasteiger partial charge in [0.15, 0.2) is 6.61 Å². The van der Waals surface area contributed by atoms with Crippen LogP contribution in [0.15, 0.2) is 53.4 Å². The minimum absolute atomic E-state index is 0.0768. The van der Waals surface area contributed by atoms with Gasteiger partial charge in [0.05, 0.1) is 23.3 Å². The van der Waals surface area contributed by atoms with E-state index in [2.05, 4.69) is 15.4 Å². The molecule has 0 heterocycles. The molecule has 2 aromatic carbocycles. The minimum Gasteiger partial charge on any atom is -0.495 e. The summed E-state index contributed by atoms with van der Waals surface area (Å²) in [5, 5.41) is 4.57. The highest BCUT2D eigenvalue weighted by molar-refractivity contribution is 7.92. The number of sulfonamides is 1. The number of methoxy groups -OCH3 is 1. The number of nitrogens with one attached hydrogen (secondary N) is 3. The summed E-state index contributed by atoms with van der Waals surface area (Å²) in [5.41, 5.74) is 0.156. The topological polar surface area (TPSA) is 140 Å². The number of amides is 3. The SMILES string of the molecule is COc1ccccc1NS(=O)(=O)c1cccc(C(=O)OCC(=O)NC(=O)NCCC(C)C)c1. The van der Waals surface area contributed by atoms with Crippen LogP contribution in [-0.4, -0.2) is 46.6 Å². The van der Waals surface area contributed by atoms with Gasteiger partial charge >= 0.3 is 12.0 Å². The molecule has 0 aliphatic rings. The van der Waals surface area contributed by atoms with Gasteiger partial charge in [-0.25, -0.2) is 18.0 Å². The van der Waals surface area contributed by atoms with Crippen LogP contribution in [0.2, 0.25) is 0 Å². The number of anilines is 1. The van der Waals surface area contributed by atoms with E-state index >= 15 is 0 Å². The van der Waals surface area contributed by atoms with Crippen molar-refractivity contribution in [1.29, 1.82) is 0 Å². The van der Waals surface area contributed by atoms with Crippen molar-refractivity contribution in [3.8, 4) is 5.75 Å². The molecule has 10 nitrogen and oxygen atoms in total. The number of carbonyl (C=O) groups excluding carboxylic acids is 3. The molecule has 0 unspecified atom stereocenters. The van der Waals surface area contributed by atoms with Gasteiger partial charge in [-0.05, 0) is 42.7 Å². The summed E-state index contributed by atoms with van der Waals surface area (Å²) < 4.78 is 37.9. The fourth-order valence-corrected chi connectivity index (χ4v) is 3.73. The largest absolute Gasteiger partial charge is 0.495 e. The molecule has 3 amide bonds. The fraction of sp³-hybridized carbons (Fsp3) is 0.318. The number of esters is 1. The molecule has 33 heavy (non-hydrogen) atoms. The molecule has 0 aromatic heterocycles. The first-order chi connectivity index (χ1) is 15.6. The Balaban J connectivity index is 1.97. The number of carbonyl (C=O) groups is 3. The molecular weight excluding hydrogens is 450 g/mol. The maximum Gasteiger partial charge on any atom is 0.338 e. The molecule has 0 radical (unpaired) electrons. The molecule has 0 spiro atoms. The highest BCUT2D eigenvalue weighted by Gasteiger charge is 2.19. The smallest absolute Gasteiger partial charge is 0.338 e. The second-order valence-electron chi connectivity index (χ2n) is 7.40. The van der Waals surface area contributed by atoms with Gasteiger partial charge in [0.1, 0.15) is 5.75 Å². The molecule has 2 aromatic rings. The summed E-state index contributed by atoms with van der Waals surface area (Å²) in [5.74, 6) is -1.01. The third-order valence-electron chi connectivity index (χ3n) is 4.33. The lowest BCUT2D eigenvalue weighted by atomic mass is 10.1. The molecule has 0 bridgehead atoms. The van der Waals surface area contributed by atoms with Gasteiger partial charge in [-0.3, -0.25) is 14.8 Å². The van der Waals surface area contributed by atoms with Crippen molar-refractivity contribution < 1.29 is 32.3 Å². The van der Waals surface area contributed by atoms with Crippen LogP contribution >= 0.6 is 0 Å². The average Bonchev–Trinajstić information content (AvgIpc) is 2.77. The molecule has 0 saturated heterocycles. The summed E-state index contributed by atoms with van der Waals surface area (Å²) in [7, 11) is -2.62. The van der Waals surface area contributed by atoms with Crippen molar-refractivity contribution in [1.82, 2.24) is 10.6 Å². The number of urea groups is 1. The Labute approximate surface area is 192 Å². The van der Waals surface area contributed by atoms with E-state index in [4.69, 9.17) is 9.47 Å². The monoisotopic (exact) mass is 477 g/mol. The number of ether oxygens (including phenoxy) is 2. The lowest BCUT2D eigenvalue weighted by Gasteiger charge is -2.12. The predicted molar refractivity (Wildman–Crippen MR) is 122 cm³/mol. The van der Waals surface area contributed by atoms with Crippen LogP contribution in [0.4, 0.5) is 10.5 Å². The average molecular weight is 478 g/mol. The minimum atomic E-state index is -4.03. The Kier molecular flexibility index (Phi) is 9.22. The number of benzene rings is 2. The number of para-hydroxylation sites is 2. The van der Waals surface area contributed by atoms with E-state index in [0.29, 0.717) is 18.2 Å². The molecule has 2 rings (SSSR count). The highest BCUT2D eigenvalue weighted by atomic mass is 32.2. The van der Waals surface area contributed by atoms with E-state index in [-0.39, 0.29) is 16.1 Å². The van der Waals surface area contributed by atoms with Crippen LogP contribution in [-0.2, 0) is 19.6 Å². The number of hydrogen-bond donors (Lipinski definition) is 3. The van der Waals surface area contributed by atoms with Crippen LogP contribution < -0.4 is 20.1 Å². The summed E-state index contributed by atoms with van der Waals surface area (Å²) in [4.78, 5) is 35.5. The number of rotatable bonds is 10. The van der Waals surface area contributed by atoms with E-state index in [0.717, 1.165) is 12.5 Å². The third-order valence-corrected chi connectivity index (χ3v) is 5.69. The molecule has 3 N–H and O–H groups in total. The fourth-order valence-electron chi connectivity index (χ4n) is 2.62. The summed E-state index contributed by atoms with van der Waals surface area (Å²) >= 11 is 0. The summed E-state index contributed by atoms with van der Waals surface area (Å²) in [6.45, 7) is 3.70. The van der Waals surface area contributed by atoms with Crippen molar-refractivity contribution in [2.75, 3.05) is 25.0 Å². The van der Waals surface area contributed by atoms with Crippen LogP contribution in [0, 0.1) is 5.92 Å². The van der Waals surface area contributed by atoms with Crippen LogP contribution in [0.25, 0.3) is 0 Å². The van der Waals surface area contributed by atoms with E-state index in [1.165, 1.54) is 31.4 Å². The Bertz CT molecular complexity index is 1100. The van der Waals surface area contributed by atoms with Crippen molar-refractivity contribution in [2.45, 2.75) is 25.2 Å². The molecule has 178 valence electrons. The van der Waals surface area contributed by atoms with Gasteiger partial charge in [-0.15, -0.1) is 0 Å². The Morgan fingerprint density at radius 3 is 2.45 bits per heavy atom. The van der Waals surface area contributed by atoms with Gasteiger partial charge in [-0.1, -0.05) is 32.0 Å². The predicted octanol–water partition coefficient (Wildman–Crippen LogP) is 2.52. The Hall–Kier alpha value is -3.60. The maximum atomic E-state index is 12.7. The van der Waals surface area contributed by atoms with Gasteiger partial charge in [0.2, 0.25) is 0 Å².